The summed E-state index contributed by atoms with van der Waals surface area (Å²) in [5, 5.41) is 11.6. The van der Waals surface area contributed by atoms with Crippen LogP contribution in [0.5, 0.6) is 0 Å². The molecule has 2 heterocycles. The Labute approximate surface area is 136 Å². The van der Waals surface area contributed by atoms with Crippen LogP contribution in [-0.4, -0.2) is 52.0 Å². The molecule has 1 fully saturated rings. The van der Waals surface area contributed by atoms with Crippen molar-refractivity contribution in [1.82, 2.24) is 25.2 Å². The number of amides is 1. The van der Waals surface area contributed by atoms with Gasteiger partial charge in [0.1, 0.15) is 0 Å². The molecule has 1 aromatic carbocycles. The topological polar surface area (TPSA) is 63.1 Å². The molecule has 0 saturated carbocycles. The first kappa shape index (κ1) is 15.7. The van der Waals surface area contributed by atoms with Crippen molar-refractivity contribution in [2.45, 2.75) is 32.7 Å². The summed E-state index contributed by atoms with van der Waals surface area (Å²) in [4.78, 5) is 14.6. The lowest BCUT2D eigenvalue weighted by Gasteiger charge is -2.32. The number of carbonyl (C=O) groups is 1. The van der Waals surface area contributed by atoms with E-state index in [9.17, 15) is 4.79 Å². The van der Waals surface area contributed by atoms with Gasteiger partial charge in [-0.2, -0.15) is 0 Å². The molecule has 0 bridgehead atoms. The number of likely N-dealkylation sites (tertiary alicyclic amines) is 1. The monoisotopic (exact) mass is 313 g/mol. The molecular formula is C17H23N5O. The number of nitrogens with one attached hydrogen (secondary N) is 1. The minimum atomic E-state index is -0.0270. The van der Waals surface area contributed by atoms with Crippen molar-refractivity contribution in [2.75, 3.05) is 20.1 Å². The highest BCUT2D eigenvalue weighted by molar-refractivity contribution is 5.93. The summed E-state index contributed by atoms with van der Waals surface area (Å²) in [7, 11) is 1.94. The van der Waals surface area contributed by atoms with Crippen molar-refractivity contribution in [3.63, 3.8) is 0 Å². The number of rotatable bonds is 3. The van der Waals surface area contributed by atoms with E-state index in [2.05, 4.69) is 15.6 Å². The van der Waals surface area contributed by atoms with Crippen LogP contribution in [0, 0.1) is 13.8 Å². The molecule has 0 spiro atoms. The number of aryl methyl sites for hydroxylation is 1. The van der Waals surface area contributed by atoms with Gasteiger partial charge in [0.2, 0.25) is 0 Å². The Bertz CT molecular complexity index is 692. The number of piperidine rings is 1. The quantitative estimate of drug-likeness (QED) is 0.937. The maximum absolute atomic E-state index is 12.8. The van der Waals surface area contributed by atoms with Crippen LogP contribution >= 0.6 is 0 Å². The summed E-state index contributed by atoms with van der Waals surface area (Å²) in [6.45, 7) is 5.45. The van der Waals surface area contributed by atoms with Gasteiger partial charge in [-0.05, 0) is 45.9 Å². The van der Waals surface area contributed by atoms with Gasteiger partial charge in [-0.1, -0.05) is 22.9 Å². The molecule has 6 heteroatoms. The largest absolute Gasteiger partial charge is 0.336 e. The molecule has 6 nitrogen and oxygen atoms in total. The van der Waals surface area contributed by atoms with Crippen molar-refractivity contribution in [3.8, 4) is 5.69 Å². The van der Waals surface area contributed by atoms with E-state index in [1.807, 2.05) is 50.1 Å². The van der Waals surface area contributed by atoms with Gasteiger partial charge in [0.15, 0.2) is 5.69 Å². The summed E-state index contributed by atoms with van der Waals surface area (Å²) in [5.74, 6) is -0.0270. The molecule has 1 aromatic heterocycles. The number of benzene rings is 1. The third kappa shape index (κ3) is 3.12. The van der Waals surface area contributed by atoms with Gasteiger partial charge in [0, 0.05) is 19.1 Å². The third-order valence-electron chi connectivity index (χ3n) is 4.49. The maximum atomic E-state index is 12.8. The number of aromatic nitrogens is 3. The zero-order valence-corrected chi connectivity index (χ0v) is 13.9. The molecule has 1 aliphatic heterocycles. The second-order valence-electron chi connectivity index (χ2n) is 6.15. The summed E-state index contributed by atoms with van der Waals surface area (Å²) >= 11 is 0. The Morgan fingerprint density at radius 2 is 2.00 bits per heavy atom. The lowest BCUT2D eigenvalue weighted by molar-refractivity contribution is 0.0691. The van der Waals surface area contributed by atoms with E-state index in [1.54, 1.807) is 4.68 Å². The van der Waals surface area contributed by atoms with Crippen LogP contribution in [0.3, 0.4) is 0 Å². The summed E-state index contributed by atoms with van der Waals surface area (Å²) in [6, 6.07) is 8.40. The first-order chi connectivity index (χ1) is 11.1. The summed E-state index contributed by atoms with van der Waals surface area (Å²) in [6.07, 6.45) is 2.12. The van der Waals surface area contributed by atoms with Gasteiger partial charge in [0.25, 0.3) is 5.91 Å². The van der Waals surface area contributed by atoms with E-state index >= 15 is 0 Å². The molecule has 1 aliphatic rings. The molecule has 3 rings (SSSR count). The molecular weight excluding hydrogens is 290 g/mol. The Morgan fingerprint density at radius 1 is 1.26 bits per heavy atom. The van der Waals surface area contributed by atoms with Crippen molar-refractivity contribution >= 4 is 5.91 Å². The fourth-order valence-electron chi connectivity index (χ4n) is 3.00. The lowest BCUT2D eigenvalue weighted by Crippen LogP contribution is -2.47. The number of hydrogen-bond donors (Lipinski definition) is 1. The van der Waals surface area contributed by atoms with Gasteiger partial charge >= 0.3 is 0 Å². The van der Waals surface area contributed by atoms with Crippen LogP contribution < -0.4 is 5.32 Å². The fraction of sp³-hybridized carbons (Fsp3) is 0.471. The van der Waals surface area contributed by atoms with E-state index < -0.39 is 0 Å². The minimum Gasteiger partial charge on any atom is -0.336 e. The van der Waals surface area contributed by atoms with Gasteiger partial charge < -0.3 is 10.2 Å². The Balaban J connectivity index is 1.83. The summed E-state index contributed by atoms with van der Waals surface area (Å²) in [5.41, 5.74) is 3.34. The van der Waals surface area contributed by atoms with Crippen LogP contribution in [0.25, 0.3) is 5.69 Å². The van der Waals surface area contributed by atoms with E-state index in [0.717, 1.165) is 37.3 Å². The SMILES string of the molecule is CNC1CCCN(C(=O)c2nnn(-c3ccc(C)cc3)c2C)C1. The zero-order chi connectivity index (χ0) is 16.4. The first-order valence-corrected chi connectivity index (χ1v) is 8.06. The molecule has 122 valence electrons. The predicted octanol–water partition coefficient (Wildman–Crippen LogP) is 1.71. The van der Waals surface area contributed by atoms with Gasteiger partial charge in [-0.25, -0.2) is 4.68 Å². The molecule has 1 N–H and O–H groups in total. The molecule has 1 amide bonds. The average Bonchev–Trinajstić information content (AvgIpc) is 2.96. The van der Waals surface area contributed by atoms with E-state index in [-0.39, 0.29) is 5.91 Å². The van der Waals surface area contributed by atoms with E-state index in [1.165, 1.54) is 5.56 Å². The fourth-order valence-corrected chi connectivity index (χ4v) is 3.00. The van der Waals surface area contributed by atoms with Gasteiger partial charge in [-0.15, -0.1) is 5.10 Å². The van der Waals surface area contributed by atoms with Crippen LogP contribution in [0.2, 0.25) is 0 Å². The Kier molecular flexibility index (Phi) is 4.43. The first-order valence-electron chi connectivity index (χ1n) is 8.06. The van der Waals surface area contributed by atoms with Crippen molar-refractivity contribution in [3.05, 3.63) is 41.2 Å². The molecule has 0 radical (unpaired) electrons. The average molecular weight is 313 g/mol. The van der Waals surface area contributed by atoms with Crippen molar-refractivity contribution in [2.24, 2.45) is 0 Å². The number of nitrogens with zero attached hydrogens (tertiary/aromatic N) is 4. The molecule has 2 aromatic rings. The van der Waals surface area contributed by atoms with Crippen LogP contribution in [-0.2, 0) is 0 Å². The molecule has 1 unspecified atom stereocenters. The molecule has 23 heavy (non-hydrogen) atoms. The van der Waals surface area contributed by atoms with E-state index in [4.69, 9.17) is 0 Å². The lowest BCUT2D eigenvalue weighted by atomic mass is 10.1. The molecule has 1 atom stereocenters. The van der Waals surface area contributed by atoms with Crippen LogP contribution in [0.1, 0.15) is 34.6 Å². The predicted molar refractivity (Wildman–Crippen MR) is 88.8 cm³/mol. The molecule has 1 saturated heterocycles. The minimum absolute atomic E-state index is 0.0270. The van der Waals surface area contributed by atoms with Crippen molar-refractivity contribution in [1.29, 1.82) is 0 Å². The van der Waals surface area contributed by atoms with Gasteiger partial charge in [0.05, 0.1) is 11.4 Å². The standard InChI is InChI=1S/C17H23N5O/c1-12-6-8-15(9-7-12)22-13(2)16(19-20-22)17(23)21-10-4-5-14(11-21)18-3/h6-9,14,18H,4-5,10-11H2,1-3H3. The molecule has 0 aliphatic carbocycles. The third-order valence-corrected chi connectivity index (χ3v) is 4.49. The summed E-state index contributed by atoms with van der Waals surface area (Å²) < 4.78 is 1.73. The highest BCUT2D eigenvalue weighted by atomic mass is 16.2. The maximum Gasteiger partial charge on any atom is 0.276 e. The van der Waals surface area contributed by atoms with Crippen LogP contribution in [0.15, 0.2) is 24.3 Å². The number of likely N-dealkylation sites (N-methyl/N-ethyl adjacent to an activating group) is 1. The Hall–Kier alpha value is -2.21. The Morgan fingerprint density at radius 3 is 2.70 bits per heavy atom. The second kappa shape index (κ2) is 6.50. The second-order valence-corrected chi connectivity index (χ2v) is 6.15. The van der Waals surface area contributed by atoms with Crippen LogP contribution in [0.4, 0.5) is 0 Å². The highest BCUT2D eigenvalue weighted by Crippen LogP contribution is 2.17. The number of carbonyl (C=O) groups excluding carboxylic acids is 1. The smallest absolute Gasteiger partial charge is 0.276 e. The van der Waals surface area contributed by atoms with Gasteiger partial charge in [-0.3, -0.25) is 4.79 Å². The normalized spacial score (nSPS) is 18.2. The van der Waals surface area contributed by atoms with Crippen molar-refractivity contribution < 1.29 is 4.79 Å². The highest BCUT2D eigenvalue weighted by Gasteiger charge is 2.27. The van der Waals surface area contributed by atoms with E-state index in [0.29, 0.717) is 11.7 Å². The zero-order valence-electron chi connectivity index (χ0n) is 13.9. The number of hydrogen-bond acceptors (Lipinski definition) is 4.